The van der Waals surface area contributed by atoms with E-state index >= 15 is 0 Å². The summed E-state index contributed by atoms with van der Waals surface area (Å²) in [7, 11) is 0. The predicted molar refractivity (Wildman–Crippen MR) is 47.2 cm³/mol. The van der Waals surface area contributed by atoms with Crippen LogP contribution in [0.4, 0.5) is 0 Å². The van der Waals surface area contributed by atoms with Crippen LogP contribution in [0.2, 0.25) is 0 Å². The van der Waals surface area contributed by atoms with Gasteiger partial charge in [-0.1, -0.05) is 0 Å². The Kier molecular flexibility index (Phi) is 3.76. The molecule has 0 bridgehead atoms. The Balaban J connectivity index is 2.15. The van der Waals surface area contributed by atoms with Gasteiger partial charge in [0.15, 0.2) is 0 Å². The first-order chi connectivity index (χ1) is 5.83. The second kappa shape index (κ2) is 4.90. The van der Waals surface area contributed by atoms with E-state index in [0.717, 1.165) is 12.8 Å². The first kappa shape index (κ1) is 9.22. The lowest BCUT2D eigenvalue weighted by atomic mass is 10.1. The van der Waals surface area contributed by atoms with Crippen LogP contribution in [-0.2, 0) is 11.2 Å². The molecule has 0 fully saturated rings. The maximum atomic E-state index is 10.6. The van der Waals surface area contributed by atoms with Crippen LogP contribution in [0, 0.1) is 0 Å². The fourth-order valence-electron chi connectivity index (χ4n) is 0.944. The molecule has 3 nitrogen and oxygen atoms in total. The summed E-state index contributed by atoms with van der Waals surface area (Å²) in [6.45, 7) is 0. The molecule has 2 N–H and O–H groups in total. The summed E-state index contributed by atoms with van der Waals surface area (Å²) in [5.74, 6) is -0.315. The van der Waals surface area contributed by atoms with Gasteiger partial charge < -0.3 is 0 Å². The molecule has 0 aliphatic heterocycles. The molecule has 0 aliphatic carbocycles. The van der Waals surface area contributed by atoms with Gasteiger partial charge in [-0.05, 0) is 35.2 Å². The number of rotatable bonds is 4. The van der Waals surface area contributed by atoms with Crippen molar-refractivity contribution in [3.05, 3.63) is 22.4 Å². The Labute approximate surface area is 75.0 Å². The van der Waals surface area contributed by atoms with Gasteiger partial charge in [0.2, 0.25) is 5.91 Å². The lowest BCUT2D eigenvalue weighted by Gasteiger charge is -1.96. The Hall–Kier alpha value is -0.870. The highest BCUT2D eigenvalue weighted by atomic mass is 32.1. The normalized spacial score (nSPS) is 9.75. The summed E-state index contributed by atoms with van der Waals surface area (Å²) in [6.07, 6.45) is 2.06. The minimum atomic E-state index is -0.315. The van der Waals surface area contributed by atoms with E-state index in [0.29, 0.717) is 6.42 Å². The van der Waals surface area contributed by atoms with Crippen LogP contribution in [0.15, 0.2) is 16.8 Å². The van der Waals surface area contributed by atoms with Crippen molar-refractivity contribution in [1.29, 1.82) is 0 Å². The van der Waals surface area contributed by atoms with E-state index in [9.17, 15) is 4.79 Å². The zero-order chi connectivity index (χ0) is 8.81. The van der Waals surface area contributed by atoms with Crippen LogP contribution in [0.5, 0.6) is 0 Å². The number of carbonyl (C=O) groups excluding carboxylic acids is 1. The fourth-order valence-corrected chi connectivity index (χ4v) is 1.65. The molecule has 1 rings (SSSR count). The van der Waals surface area contributed by atoms with Crippen LogP contribution in [0.3, 0.4) is 0 Å². The van der Waals surface area contributed by atoms with Crippen molar-refractivity contribution < 1.29 is 10.0 Å². The zero-order valence-electron chi connectivity index (χ0n) is 6.62. The molecule has 0 atom stereocenters. The maximum Gasteiger partial charge on any atom is 0.243 e. The first-order valence-electron chi connectivity index (χ1n) is 3.77. The summed E-state index contributed by atoms with van der Waals surface area (Å²) < 4.78 is 0. The van der Waals surface area contributed by atoms with E-state index in [1.54, 1.807) is 16.8 Å². The lowest BCUT2D eigenvalue weighted by Crippen LogP contribution is -2.17. The fraction of sp³-hybridized carbons (Fsp3) is 0.375. The van der Waals surface area contributed by atoms with Gasteiger partial charge in [0.05, 0.1) is 0 Å². The van der Waals surface area contributed by atoms with Crippen LogP contribution < -0.4 is 5.48 Å². The molecule has 0 unspecified atom stereocenters. The third-order valence-corrected chi connectivity index (χ3v) is 2.31. The summed E-state index contributed by atoms with van der Waals surface area (Å²) >= 11 is 1.65. The number of carbonyl (C=O) groups is 1. The minimum absolute atomic E-state index is 0.315. The van der Waals surface area contributed by atoms with Gasteiger partial charge in [0.1, 0.15) is 0 Å². The van der Waals surface area contributed by atoms with Crippen molar-refractivity contribution in [1.82, 2.24) is 5.48 Å². The van der Waals surface area contributed by atoms with Crippen LogP contribution in [0.25, 0.3) is 0 Å². The Morgan fingerprint density at radius 2 is 2.50 bits per heavy atom. The van der Waals surface area contributed by atoms with Gasteiger partial charge in [0.25, 0.3) is 0 Å². The van der Waals surface area contributed by atoms with Gasteiger partial charge in [-0.3, -0.25) is 10.0 Å². The van der Waals surface area contributed by atoms with Gasteiger partial charge >= 0.3 is 0 Å². The van der Waals surface area contributed by atoms with Crippen molar-refractivity contribution in [3.8, 4) is 0 Å². The number of thiophene rings is 1. The lowest BCUT2D eigenvalue weighted by molar-refractivity contribution is -0.129. The van der Waals surface area contributed by atoms with E-state index < -0.39 is 0 Å². The Bertz CT molecular complexity index is 233. The van der Waals surface area contributed by atoms with E-state index in [4.69, 9.17) is 5.21 Å². The average molecular weight is 185 g/mol. The molecule has 4 heteroatoms. The molecule has 1 heterocycles. The molecule has 0 aliphatic rings. The summed E-state index contributed by atoms with van der Waals surface area (Å²) in [4.78, 5) is 10.6. The molecule has 0 saturated heterocycles. The molecule has 0 aromatic carbocycles. The molecular formula is C8H11NO2S. The summed E-state index contributed by atoms with van der Waals surface area (Å²) in [6, 6.07) is 2.04. The number of hydroxylamine groups is 1. The second-order valence-electron chi connectivity index (χ2n) is 2.52. The highest BCUT2D eigenvalue weighted by molar-refractivity contribution is 7.07. The highest BCUT2D eigenvalue weighted by Crippen LogP contribution is 2.09. The van der Waals surface area contributed by atoms with E-state index in [2.05, 4.69) is 5.38 Å². The maximum absolute atomic E-state index is 10.6. The molecule has 1 aromatic rings. The van der Waals surface area contributed by atoms with Crippen LogP contribution in [0.1, 0.15) is 18.4 Å². The summed E-state index contributed by atoms with van der Waals surface area (Å²) in [5, 5.41) is 12.3. The van der Waals surface area contributed by atoms with E-state index in [1.165, 1.54) is 5.56 Å². The molecule has 0 saturated carbocycles. The Morgan fingerprint density at radius 1 is 1.67 bits per heavy atom. The third-order valence-electron chi connectivity index (χ3n) is 1.57. The molecule has 12 heavy (non-hydrogen) atoms. The zero-order valence-corrected chi connectivity index (χ0v) is 7.43. The van der Waals surface area contributed by atoms with E-state index in [1.807, 2.05) is 11.4 Å². The van der Waals surface area contributed by atoms with E-state index in [-0.39, 0.29) is 5.91 Å². The standard InChI is InChI=1S/C8H11NO2S/c10-8(9-11)3-1-2-7-4-5-12-6-7/h4-6,11H,1-3H2,(H,9,10). The Morgan fingerprint density at radius 3 is 3.08 bits per heavy atom. The molecule has 0 spiro atoms. The van der Waals surface area contributed by atoms with Crippen LogP contribution in [-0.4, -0.2) is 11.1 Å². The monoisotopic (exact) mass is 185 g/mol. The number of hydrogen-bond donors (Lipinski definition) is 2. The van der Waals surface area contributed by atoms with Gasteiger partial charge in [-0.25, -0.2) is 5.48 Å². The van der Waals surface area contributed by atoms with Crippen LogP contribution >= 0.6 is 11.3 Å². The largest absolute Gasteiger partial charge is 0.289 e. The third kappa shape index (κ3) is 3.02. The first-order valence-corrected chi connectivity index (χ1v) is 4.71. The van der Waals surface area contributed by atoms with Gasteiger partial charge in [-0.2, -0.15) is 11.3 Å². The van der Waals surface area contributed by atoms with Crippen molar-refractivity contribution in [2.24, 2.45) is 0 Å². The minimum Gasteiger partial charge on any atom is -0.289 e. The highest BCUT2D eigenvalue weighted by Gasteiger charge is 1.99. The number of nitrogens with one attached hydrogen (secondary N) is 1. The van der Waals surface area contributed by atoms with Crippen molar-refractivity contribution in [3.63, 3.8) is 0 Å². The van der Waals surface area contributed by atoms with Crippen molar-refractivity contribution in [2.45, 2.75) is 19.3 Å². The molecule has 66 valence electrons. The molecule has 1 aromatic heterocycles. The van der Waals surface area contributed by atoms with Crippen molar-refractivity contribution in [2.75, 3.05) is 0 Å². The second-order valence-corrected chi connectivity index (χ2v) is 3.30. The number of amides is 1. The quantitative estimate of drug-likeness (QED) is 0.552. The predicted octanol–water partition coefficient (Wildman–Crippen LogP) is 1.58. The van der Waals surface area contributed by atoms with Gasteiger partial charge in [-0.15, -0.1) is 0 Å². The topological polar surface area (TPSA) is 49.3 Å². The summed E-state index contributed by atoms with van der Waals surface area (Å²) in [5.41, 5.74) is 2.86. The number of hydrogen-bond acceptors (Lipinski definition) is 3. The smallest absolute Gasteiger partial charge is 0.243 e. The SMILES string of the molecule is O=C(CCCc1ccsc1)NO. The number of aryl methyl sites for hydroxylation is 1. The molecule has 1 amide bonds. The van der Waals surface area contributed by atoms with Crippen molar-refractivity contribution >= 4 is 17.2 Å². The molecule has 0 radical (unpaired) electrons. The average Bonchev–Trinajstić information content (AvgIpc) is 2.57. The molecular weight excluding hydrogens is 174 g/mol. The van der Waals surface area contributed by atoms with Gasteiger partial charge in [0, 0.05) is 6.42 Å².